The number of nitrogens with zero attached hydrogens (tertiary/aromatic N) is 1. The van der Waals surface area contributed by atoms with Gasteiger partial charge in [-0.05, 0) is 26.3 Å². The molecule has 0 unspecified atom stereocenters. The second-order valence-electron chi connectivity index (χ2n) is 6.53. The molecule has 1 amide bonds. The van der Waals surface area contributed by atoms with Crippen LogP contribution >= 0.6 is 11.3 Å². The number of hydrogen-bond acceptors (Lipinski definition) is 5. The molecule has 0 saturated heterocycles. The van der Waals surface area contributed by atoms with Gasteiger partial charge < -0.3 is 10.1 Å². The first-order valence-corrected chi connectivity index (χ1v) is 9.83. The molecule has 0 aliphatic rings. The van der Waals surface area contributed by atoms with E-state index in [0.29, 0.717) is 17.1 Å². The van der Waals surface area contributed by atoms with Crippen molar-refractivity contribution in [2.75, 3.05) is 0 Å². The van der Waals surface area contributed by atoms with Gasteiger partial charge >= 0.3 is 5.97 Å². The van der Waals surface area contributed by atoms with E-state index >= 15 is 0 Å². The van der Waals surface area contributed by atoms with Gasteiger partial charge in [-0.15, -0.1) is 11.3 Å². The fourth-order valence-corrected chi connectivity index (χ4v) is 3.49. The Morgan fingerprint density at radius 2 is 1.75 bits per heavy atom. The molecular formula is C22H22N2O3S. The molecule has 1 atom stereocenters. The average Bonchev–Trinajstić information content (AvgIpc) is 3.10. The summed E-state index contributed by atoms with van der Waals surface area (Å²) in [7, 11) is 0. The van der Waals surface area contributed by atoms with Gasteiger partial charge in [0.05, 0.1) is 10.7 Å². The first kappa shape index (κ1) is 19.8. The van der Waals surface area contributed by atoms with Gasteiger partial charge in [0.2, 0.25) is 0 Å². The summed E-state index contributed by atoms with van der Waals surface area (Å²) in [5, 5.41) is 3.56. The minimum atomic E-state index is -0.899. The van der Waals surface area contributed by atoms with Crippen molar-refractivity contribution in [1.82, 2.24) is 10.3 Å². The summed E-state index contributed by atoms with van der Waals surface area (Å²) in [6.07, 6.45) is -0.899. The number of rotatable bonds is 6. The molecule has 0 saturated carbocycles. The molecule has 1 N–H and O–H groups in total. The third-order valence-corrected chi connectivity index (χ3v) is 5.16. The van der Waals surface area contributed by atoms with E-state index in [2.05, 4.69) is 10.3 Å². The molecule has 3 aromatic rings. The highest BCUT2D eigenvalue weighted by atomic mass is 32.1. The number of aromatic nitrogens is 1. The zero-order valence-electron chi connectivity index (χ0n) is 16.1. The van der Waals surface area contributed by atoms with E-state index in [-0.39, 0.29) is 5.91 Å². The van der Waals surface area contributed by atoms with Crippen molar-refractivity contribution in [3.05, 3.63) is 75.6 Å². The normalized spacial score (nSPS) is 11.7. The Morgan fingerprint density at radius 1 is 1.07 bits per heavy atom. The molecule has 5 nitrogen and oxygen atoms in total. The Bertz CT molecular complexity index is 965. The highest BCUT2D eigenvalue weighted by Crippen LogP contribution is 2.28. The van der Waals surface area contributed by atoms with Gasteiger partial charge in [-0.25, -0.2) is 9.78 Å². The monoisotopic (exact) mass is 394 g/mol. The summed E-state index contributed by atoms with van der Waals surface area (Å²) in [6, 6.07) is 17.4. The standard InChI is InChI=1S/C22H22N2O3S/c1-14-9-11-17(12-10-14)13-23-21(25)15(2)27-22(26)20-19(24-16(3)28-20)18-7-5-4-6-8-18/h4-12,15H,13H2,1-3H3,(H,23,25)/t15-/m1/s1. The van der Waals surface area contributed by atoms with E-state index < -0.39 is 12.1 Å². The van der Waals surface area contributed by atoms with Crippen LogP contribution in [0.3, 0.4) is 0 Å². The third kappa shape index (κ3) is 4.84. The van der Waals surface area contributed by atoms with Crippen LogP contribution in [-0.2, 0) is 16.1 Å². The summed E-state index contributed by atoms with van der Waals surface area (Å²) < 4.78 is 5.40. The number of thiazole rings is 1. The first-order valence-electron chi connectivity index (χ1n) is 9.01. The van der Waals surface area contributed by atoms with Crippen molar-refractivity contribution >= 4 is 23.2 Å². The van der Waals surface area contributed by atoms with Gasteiger partial charge in [0.1, 0.15) is 4.88 Å². The van der Waals surface area contributed by atoms with Crippen LogP contribution in [0.15, 0.2) is 54.6 Å². The predicted molar refractivity (Wildman–Crippen MR) is 110 cm³/mol. The number of esters is 1. The van der Waals surface area contributed by atoms with Crippen LogP contribution in [0.1, 0.15) is 32.7 Å². The molecule has 0 spiro atoms. The van der Waals surface area contributed by atoms with Crippen LogP contribution in [0.2, 0.25) is 0 Å². The number of carbonyl (C=O) groups excluding carboxylic acids is 2. The maximum absolute atomic E-state index is 12.6. The van der Waals surface area contributed by atoms with E-state index in [0.717, 1.165) is 21.7 Å². The van der Waals surface area contributed by atoms with Crippen molar-refractivity contribution in [3.8, 4) is 11.3 Å². The molecule has 0 aliphatic carbocycles. The summed E-state index contributed by atoms with van der Waals surface area (Å²) in [5.74, 6) is -0.876. The fourth-order valence-electron chi connectivity index (χ4n) is 2.66. The molecule has 3 rings (SSSR count). The highest BCUT2D eigenvalue weighted by molar-refractivity contribution is 7.14. The first-order chi connectivity index (χ1) is 13.4. The Balaban J connectivity index is 1.64. The van der Waals surface area contributed by atoms with Gasteiger partial charge in [-0.1, -0.05) is 60.2 Å². The second-order valence-corrected chi connectivity index (χ2v) is 7.73. The van der Waals surface area contributed by atoms with Gasteiger partial charge in [0.15, 0.2) is 6.10 Å². The van der Waals surface area contributed by atoms with Crippen molar-refractivity contribution in [2.24, 2.45) is 0 Å². The molecule has 28 heavy (non-hydrogen) atoms. The smallest absolute Gasteiger partial charge is 0.351 e. The number of amides is 1. The number of ether oxygens (including phenoxy) is 1. The van der Waals surface area contributed by atoms with E-state index in [4.69, 9.17) is 4.74 Å². The quantitative estimate of drug-likeness (QED) is 0.634. The van der Waals surface area contributed by atoms with Crippen molar-refractivity contribution in [3.63, 3.8) is 0 Å². The summed E-state index contributed by atoms with van der Waals surface area (Å²) in [6.45, 7) is 5.80. The molecular weight excluding hydrogens is 372 g/mol. The zero-order chi connectivity index (χ0) is 20.1. The number of benzene rings is 2. The maximum Gasteiger partial charge on any atom is 0.351 e. The van der Waals surface area contributed by atoms with Crippen molar-refractivity contribution in [1.29, 1.82) is 0 Å². The molecule has 144 valence electrons. The van der Waals surface area contributed by atoms with Crippen LogP contribution in [0, 0.1) is 13.8 Å². The summed E-state index contributed by atoms with van der Waals surface area (Å²) in [5.41, 5.74) is 3.57. The average molecular weight is 394 g/mol. The van der Waals surface area contributed by atoms with E-state index in [9.17, 15) is 9.59 Å². The summed E-state index contributed by atoms with van der Waals surface area (Å²) in [4.78, 5) is 29.8. The van der Waals surface area contributed by atoms with Crippen LogP contribution < -0.4 is 5.32 Å². The highest BCUT2D eigenvalue weighted by Gasteiger charge is 2.24. The van der Waals surface area contributed by atoms with Gasteiger partial charge in [0.25, 0.3) is 5.91 Å². The Hall–Kier alpha value is -2.99. The molecule has 0 bridgehead atoms. The van der Waals surface area contributed by atoms with Gasteiger partial charge in [-0.2, -0.15) is 0 Å². The molecule has 0 fully saturated rings. The van der Waals surface area contributed by atoms with Gasteiger partial charge in [-0.3, -0.25) is 4.79 Å². The predicted octanol–water partition coefficient (Wildman–Crippen LogP) is 4.29. The van der Waals surface area contributed by atoms with Crippen molar-refractivity contribution < 1.29 is 14.3 Å². The zero-order valence-corrected chi connectivity index (χ0v) is 16.9. The third-order valence-electron chi connectivity index (χ3n) is 4.21. The molecule has 0 aliphatic heterocycles. The van der Waals surface area contributed by atoms with Crippen LogP contribution in [0.4, 0.5) is 0 Å². The lowest BCUT2D eigenvalue weighted by Gasteiger charge is -2.13. The second kappa shape index (κ2) is 8.80. The van der Waals surface area contributed by atoms with E-state index in [1.807, 2.05) is 68.4 Å². The minimum absolute atomic E-state index is 0.337. The number of nitrogens with one attached hydrogen (secondary N) is 1. The number of carbonyl (C=O) groups is 2. The van der Waals surface area contributed by atoms with Crippen molar-refractivity contribution in [2.45, 2.75) is 33.4 Å². The Labute approximate surface area is 168 Å². The molecule has 1 aromatic heterocycles. The summed E-state index contributed by atoms with van der Waals surface area (Å²) >= 11 is 1.27. The largest absolute Gasteiger partial charge is 0.448 e. The number of hydrogen-bond donors (Lipinski definition) is 1. The fraction of sp³-hybridized carbons (Fsp3) is 0.227. The van der Waals surface area contributed by atoms with Crippen LogP contribution in [0.25, 0.3) is 11.3 Å². The number of aryl methyl sites for hydroxylation is 2. The lowest BCUT2D eigenvalue weighted by molar-refractivity contribution is -0.129. The Kier molecular flexibility index (Phi) is 6.21. The SMILES string of the molecule is Cc1ccc(CNC(=O)[C@@H](C)OC(=O)c2sc(C)nc2-c2ccccc2)cc1. The van der Waals surface area contributed by atoms with Crippen LogP contribution in [-0.4, -0.2) is 23.0 Å². The molecule has 0 radical (unpaired) electrons. The van der Waals surface area contributed by atoms with E-state index in [1.54, 1.807) is 6.92 Å². The minimum Gasteiger partial charge on any atom is -0.448 e. The lowest BCUT2D eigenvalue weighted by atomic mass is 10.1. The maximum atomic E-state index is 12.6. The molecule has 1 heterocycles. The van der Waals surface area contributed by atoms with Gasteiger partial charge in [0, 0.05) is 12.1 Å². The molecule has 2 aromatic carbocycles. The van der Waals surface area contributed by atoms with Crippen LogP contribution in [0.5, 0.6) is 0 Å². The van der Waals surface area contributed by atoms with E-state index in [1.165, 1.54) is 11.3 Å². The Morgan fingerprint density at radius 3 is 2.43 bits per heavy atom. The lowest BCUT2D eigenvalue weighted by Crippen LogP contribution is -2.35. The molecule has 6 heteroatoms. The topological polar surface area (TPSA) is 68.3 Å².